The molecule has 1 fully saturated rings. The Morgan fingerprint density at radius 3 is 2.12 bits per heavy atom. The zero-order valence-corrected chi connectivity index (χ0v) is 15.3. The highest BCUT2D eigenvalue weighted by molar-refractivity contribution is 5.31. The zero-order valence-electron chi connectivity index (χ0n) is 15.3. The lowest BCUT2D eigenvalue weighted by molar-refractivity contribution is 0.131. The molecule has 1 nitrogen and oxygen atoms in total. The van der Waals surface area contributed by atoms with Crippen molar-refractivity contribution in [3.63, 3.8) is 0 Å². The first-order chi connectivity index (χ1) is 12.5. The van der Waals surface area contributed by atoms with Crippen molar-refractivity contribution in [1.29, 1.82) is 0 Å². The van der Waals surface area contributed by atoms with E-state index in [0.717, 1.165) is 36.8 Å². The molecule has 0 saturated heterocycles. The van der Waals surface area contributed by atoms with Gasteiger partial charge in [0, 0.05) is 12.2 Å². The Balaban J connectivity index is 1.71. The molecule has 0 unspecified atom stereocenters. The van der Waals surface area contributed by atoms with Crippen LogP contribution < -0.4 is 0 Å². The third-order valence-corrected chi connectivity index (χ3v) is 5.42. The van der Waals surface area contributed by atoms with Crippen LogP contribution >= 0.6 is 0 Å². The second kappa shape index (κ2) is 8.26. The van der Waals surface area contributed by atoms with Gasteiger partial charge in [0.25, 0.3) is 0 Å². The minimum Gasteiger partial charge on any atom is -0.377 e. The number of halogens is 3. The van der Waals surface area contributed by atoms with Crippen LogP contribution in [0, 0.1) is 24.4 Å². The molecule has 1 saturated carbocycles. The summed E-state index contributed by atoms with van der Waals surface area (Å²) in [5.74, 6) is -1.59. The largest absolute Gasteiger partial charge is 0.377 e. The molecule has 26 heavy (non-hydrogen) atoms. The molecule has 0 radical (unpaired) electrons. The van der Waals surface area contributed by atoms with E-state index in [1.54, 1.807) is 18.2 Å². The van der Waals surface area contributed by atoms with Crippen LogP contribution in [0.3, 0.4) is 0 Å². The quantitative estimate of drug-likeness (QED) is 0.599. The van der Waals surface area contributed by atoms with E-state index in [0.29, 0.717) is 12.2 Å². The van der Waals surface area contributed by atoms with E-state index in [2.05, 4.69) is 0 Å². The summed E-state index contributed by atoms with van der Waals surface area (Å²) in [5.41, 5.74) is 2.34. The maximum Gasteiger partial charge on any atom is 0.164 e. The zero-order chi connectivity index (χ0) is 18.7. The van der Waals surface area contributed by atoms with E-state index in [1.807, 2.05) is 26.0 Å². The minimum absolute atomic E-state index is 0.0181. The third-order valence-electron chi connectivity index (χ3n) is 5.42. The van der Waals surface area contributed by atoms with Crippen LogP contribution in [0.4, 0.5) is 13.2 Å². The van der Waals surface area contributed by atoms with Crippen molar-refractivity contribution < 1.29 is 17.9 Å². The summed E-state index contributed by atoms with van der Waals surface area (Å²) in [7, 11) is 0. The van der Waals surface area contributed by atoms with Gasteiger partial charge in [-0.25, -0.2) is 13.2 Å². The number of hydrogen-bond donors (Lipinski definition) is 0. The number of aryl methyl sites for hydroxylation is 1. The second-order valence-electron chi connectivity index (χ2n) is 7.15. The van der Waals surface area contributed by atoms with Crippen molar-refractivity contribution in [1.82, 2.24) is 0 Å². The van der Waals surface area contributed by atoms with Crippen molar-refractivity contribution in [3.05, 3.63) is 70.0 Å². The van der Waals surface area contributed by atoms with Crippen molar-refractivity contribution >= 4 is 0 Å². The third kappa shape index (κ3) is 3.96. The topological polar surface area (TPSA) is 9.23 Å². The Kier molecular flexibility index (Phi) is 6.02. The second-order valence-corrected chi connectivity index (χ2v) is 7.15. The molecule has 0 bridgehead atoms. The van der Waals surface area contributed by atoms with Gasteiger partial charge in [0.1, 0.15) is 5.82 Å². The highest BCUT2D eigenvalue weighted by Gasteiger charge is 2.28. The van der Waals surface area contributed by atoms with Crippen LogP contribution in [0.25, 0.3) is 0 Å². The fourth-order valence-electron chi connectivity index (χ4n) is 3.92. The van der Waals surface area contributed by atoms with Crippen LogP contribution in [0.15, 0.2) is 30.3 Å². The molecule has 2 aromatic rings. The summed E-state index contributed by atoms with van der Waals surface area (Å²) in [6.07, 6.45) is 3.04. The molecule has 4 heteroatoms. The van der Waals surface area contributed by atoms with Crippen LogP contribution in [0.1, 0.15) is 66.7 Å². The minimum atomic E-state index is -0.803. The highest BCUT2D eigenvalue weighted by atomic mass is 19.2. The van der Waals surface area contributed by atoms with Gasteiger partial charge in [0.2, 0.25) is 0 Å². The molecule has 1 aliphatic rings. The van der Waals surface area contributed by atoms with Crippen molar-refractivity contribution in [2.45, 2.75) is 58.0 Å². The first-order valence-corrected chi connectivity index (χ1v) is 9.31. The van der Waals surface area contributed by atoms with Gasteiger partial charge in [-0.2, -0.15) is 0 Å². The monoisotopic (exact) mass is 362 g/mol. The Morgan fingerprint density at radius 2 is 1.50 bits per heavy atom. The molecule has 1 aliphatic carbocycles. The van der Waals surface area contributed by atoms with Gasteiger partial charge >= 0.3 is 0 Å². The van der Waals surface area contributed by atoms with Crippen molar-refractivity contribution in [2.75, 3.05) is 6.61 Å². The Bertz CT molecular complexity index is 764. The fourth-order valence-corrected chi connectivity index (χ4v) is 3.92. The van der Waals surface area contributed by atoms with E-state index in [4.69, 9.17) is 4.74 Å². The SMILES string of the molecule is CCOCc1ccc(C2CCC(c3ccc(C)cc3F)CC2)c(F)c1F. The number of benzene rings is 2. The van der Waals surface area contributed by atoms with Gasteiger partial charge in [-0.3, -0.25) is 0 Å². The average Bonchev–Trinajstić information content (AvgIpc) is 2.63. The van der Waals surface area contributed by atoms with E-state index in [9.17, 15) is 13.2 Å². The molecule has 3 rings (SSSR count). The first-order valence-electron chi connectivity index (χ1n) is 9.31. The number of rotatable bonds is 5. The predicted octanol–water partition coefficient (Wildman–Crippen LogP) is 6.39. The van der Waals surface area contributed by atoms with E-state index in [1.165, 1.54) is 0 Å². The molecular formula is C22H25F3O. The molecule has 140 valence electrons. The van der Waals surface area contributed by atoms with Crippen molar-refractivity contribution in [3.8, 4) is 0 Å². The lowest BCUT2D eigenvalue weighted by atomic mass is 9.75. The lowest BCUT2D eigenvalue weighted by Crippen LogP contribution is -2.15. The predicted molar refractivity (Wildman–Crippen MR) is 96.8 cm³/mol. The fraction of sp³-hybridized carbons (Fsp3) is 0.455. The Hall–Kier alpha value is -1.81. The summed E-state index contributed by atoms with van der Waals surface area (Å²) in [5, 5.41) is 0. The summed E-state index contributed by atoms with van der Waals surface area (Å²) < 4.78 is 48.2. The smallest absolute Gasteiger partial charge is 0.164 e. The summed E-state index contributed by atoms with van der Waals surface area (Å²) >= 11 is 0. The summed E-state index contributed by atoms with van der Waals surface area (Å²) in [6, 6.07) is 8.65. The van der Waals surface area contributed by atoms with Gasteiger partial charge in [0.15, 0.2) is 11.6 Å². The molecule has 0 atom stereocenters. The Labute approximate surface area is 153 Å². The number of ether oxygens (including phenoxy) is 1. The maximum atomic E-state index is 14.5. The van der Waals surface area contributed by atoms with Gasteiger partial charge in [-0.15, -0.1) is 0 Å². The van der Waals surface area contributed by atoms with E-state index in [-0.39, 0.29) is 29.8 Å². The molecule has 0 amide bonds. The van der Waals surface area contributed by atoms with Crippen LogP contribution in [0.2, 0.25) is 0 Å². The van der Waals surface area contributed by atoms with E-state index < -0.39 is 11.6 Å². The van der Waals surface area contributed by atoms with Crippen molar-refractivity contribution in [2.24, 2.45) is 0 Å². The molecule has 0 N–H and O–H groups in total. The van der Waals surface area contributed by atoms with Gasteiger partial charge in [0.05, 0.1) is 6.61 Å². The average molecular weight is 362 g/mol. The van der Waals surface area contributed by atoms with Gasteiger partial charge in [-0.05, 0) is 74.1 Å². The molecule has 0 aromatic heterocycles. The van der Waals surface area contributed by atoms with Gasteiger partial charge in [-0.1, -0.05) is 24.3 Å². The van der Waals surface area contributed by atoms with Gasteiger partial charge < -0.3 is 4.74 Å². The molecular weight excluding hydrogens is 337 g/mol. The molecule has 2 aromatic carbocycles. The summed E-state index contributed by atoms with van der Waals surface area (Å²) in [4.78, 5) is 0. The Morgan fingerprint density at radius 1 is 0.885 bits per heavy atom. The van der Waals surface area contributed by atoms with Crippen LogP contribution in [-0.2, 0) is 11.3 Å². The lowest BCUT2D eigenvalue weighted by Gasteiger charge is -2.29. The standard InChI is InChI=1S/C22H25F3O/c1-3-26-13-17-9-11-19(22(25)21(17)24)16-7-5-15(6-8-16)18-10-4-14(2)12-20(18)23/h4,9-12,15-16H,3,5-8,13H2,1-2H3. The maximum absolute atomic E-state index is 14.5. The molecule has 0 aliphatic heterocycles. The normalized spacial score (nSPS) is 20.3. The molecule has 0 spiro atoms. The molecule has 0 heterocycles. The summed E-state index contributed by atoms with van der Waals surface area (Å²) in [6.45, 7) is 4.23. The highest BCUT2D eigenvalue weighted by Crippen LogP contribution is 2.42. The number of hydrogen-bond acceptors (Lipinski definition) is 1. The van der Waals surface area contributed by atoms with Crippen LogP contribution in [0.5, 0.6) is 0 Å². The van der Waals surface area contributed by atoms with Crippen LogP contribution in [-0.4, -0.2) is 6.61 Å². The van der Waals surface area contributed by atoms with E-state index >= 15 is 0 Å². The first kappa shape index (κ1) is 19.0.